The number of rotatable bonds is 3. The second-order valence-corrected chi connectivity index (χ2v) is 11.0. The summed E-state index contributed by atoms with van der Waals surface area (Å²) < 4.78 is 96.3. The van der Waals surface area contributed by atoms with Gasteiger partial charge in [-0.1, -0.05) is 19.1 Å². The zero-order valence-corrected chi connectivity index (χ0v) is 23.1. The van der Waals surface area contributed by atoms with E-state index < -0.39 is 53.2 Å². The molecule has 2 amide bonds. The van der Waals surface area contributed by atoms with E-state index in [1.54, 1.807) is 6.92 Å². The molecule has 0 saturated heterocycles. The predicted octanol–water partition coefficient (Wildman–Crippen LogP) is 5.89. The van der Waals surface area contributed by atoms with Crippen LogP contribution in [-0.4, -0.2) is 39.3 Å². The quantitative estimate of drug-likeness (QED) is 0.348. The molecule has 1 unspecified atom stereocenters. The van der Waals surface area contributed by atoms with Crippen molar-refractivity contribution >= 4 is 11.8 Å². The molecule has 0 aliphatic carbocycles. The van der Waals surface area contributed by atoms with Crippen LogP contribution in [-0.2, 0) is 43.2 Å². The fourth-order valence-corrected chi connectivity index (χ4v) is 5.82. The van der Waals surface area contributed by atoms with Gasteiger partial charge in [-0.15, -0.1) is 0 Å². The summed E-state index contributed by atoms with van der Waals surface area (Å²) in [6.07, 6.45) is -9.92. The first kappa shape index (κ1) is 30.3. The van der Waals surface area contributed by atoms with Gasteiger partial charge < -0.3 is 14.4 Å². The first-order chi connectivity index (χ1) is 20.0. The Balaban J connectivity index is 1.69. The highest BCUT2D eigenvalue weighted by Crippen LogP contribution is 2.38. The minimum atomic E-state index is -5.06. The van der Waals surface area contributed by atoms with Crippen LogP contribution in [0.5, 0.6) is 0 Å². The molecule has 228 valence electrons. The smallest absolute Gasteiger partial charge is 0.338 e. The first-order valence-electron chi connectivity index (χ1n) is 13.4. The third-order valence-electron chi connectivity index (χ3n) is 7.77. The third-order valence-corrected chi connectivity index (χ3v) is 7.77. The van der Waals surface area contributed by atoms with Crippen molar-refractivity contribution in [1.82, 2.24) is 14.4 Å². The second kappa shape index (κ2) is 10.8. The van der Waals surface area contributed by atoms with Crippen molar-refractivity contribution < 1.29 is 40.3 Å². The largest absolute Gasteiger partial charge is 0.416 e. The lowest BCUT2D eigenvalue weighted by molar-refractivity contribution is -0.143. The number of amides is 2. The third kappa shape index (κ3) is 5.89. The fraction of sp³-hybridized carbons (Fsp3) is 0.367. The molecule has 1 aromatic heterocycles. The highest BCUT2D eigenvalue weighted by molar-refractivity contribution is 6.00. The van der Waals surface area contributed by atoms with Gasteiger partial charge in [0.2, 0.25) is 5.91 Å². The average molecular weight is 610 g/mol. The number of pyridine rings is 1. The Bertz CT molecular complexity index is 1630. The number of aromatic nitrogens is 1. The van der Waals surface area contributed by atoms with E-state index in [9.17, 15) is 45.1 Å². The van der Waals surface area contributed by atoms with E-state index in [1.165, 1.54) is 40.7 Å². The summed E-state index contributed by atoms with van der Waals surface area (Å²) >= 11 is 0. The lowest BCUT2D eigenvalue weighted by Gasteiger charge is -2.31. The Morgan fingerprint density at radius 2 is 1.51 bits per heavy atom. The number of benzene rings is 2. The molecule has 0 fully saturated rings. The minimum absolute atomic E-state index is 0.00524. The van der Waals surface area contributed by atoms with Crippen molar-refractivity contribution in [3.8, 4) is 11.1 Å². The topological polar surface area (TPSA) is 62.6 Å². The van der Waals surface area contributed by atoms with E-state index in [1.807, 2.05) is 0 Å². The van der Waals surface area contributed by atoms with E-state index in [-0.39, 0.29) is 55.8 Å². The monoisotopic (exact) mass is 609 g/mol. The number of alkyl halides is 6. The Morgan fingerprint density at radius 3 is 2.07 bits per heavy atom. The molecule has 1 atom stereocenters. The number of hydrogen-bond acceptors (Lipinski definition) is 3. The molecule has 0 bridgehead atoms. The second-order valence-electron chi connectivity index (χ2n) is 11.0. The molecule has 0 saturated carbocycles. The molecule has 0 N–H and O–H groups in total. The minimum Gasteiger partial charge on any atom is -0.338 e. The Morgan fingerprint density at radius 1 is 0.907 bits per heavy atom. The van der Waals surface area contributed by atoms with E-state index in [2.05, 4.69) is 0 Å². The van der Waals surface area contributed by atoms with Gasteiger partial charge in [-0.3, -0.25) is 14.4 Å². The van der Waals surface area contributed by atoms with E-state index in [0.717, 1.165) is 4.90 Å². The highest BCUT2D eigenvalue weighted by atomic mass is 19.4. The zero-order valence-electron chi connectivity index (χ0n) is 23.1. The molecule has 2 aliphatic heterocycles. The summed E-state index contributed by atoms with van der Waals surface area (Å²) in [7, 11) is 0. The van der Waals surface area contributed by atoms with Gasteiger partial charge in [0.1, 0.15) is 11.5 Å². The van der Waals surface area contributed by atoms with Crippen LogP contribution in [0.1, 0.15) is 52.2 Å². The van der Waals surface area contributed by atoms with Gasteiger partial charge in [-0.25, -0.2) is 4.39 Å². The lowest BCUT2D eigenvalue weighted by atomic mass is 9.89. The molecule has 43 heavy (non-hydrogen) atoms. The van der Waals surface area contributed by atoms with Crippen LogP contribution in [0.3, 0.4) is 0 Å². The van der Waals surface area contributed by atoms with Crippen LogP contribution in [0.15, 0.2) is 47.3 Å². The zero-order chi connectivity index (χ0) is 31.4. The van der Waals surface area contributed by atoms with Crippen LogP contribution in [0, 0.1) is 11.7 Å². The average Bonchev–Trinajstić information content (AvgIpc) is 3.04. The van der Waals surface area contributed by atoms with E-state index in [4.69, 9.17) is 0 Å². The number of fused-ring (bicyclic) bond motifs is 2. The molecule has 13 heteroatoms. The lowest BCUT2D eigenvalue weighted by Crippen LogP contribution is -2.41. The number of carbonyl (C=O) groups excluding carboxylic acids is 2. The Hall–Kier alpha value is -4.16. The summed E-state index contributed by atoms with van der Waals surface area (Å²) in [6, 6.07) is 6.40. The number of nitrogens with zero attached hydrogens (tertiary/aromatic N) is 3. The van der Waals surface area contributed by atoms with Gasteiger partial charge in [-0.2, -0.15) is 26.3 Å². The number of halogens is 7. The van der Waals surface area contributed by atoms with Crippen molar-refractivity contribution in [3.63, 3.8) is 0 Å². The van der Waals surface area contributed by atoms with Crippen molar-refractivity contribution in [2.75, 3.05) is 13.1 Å². The molecule has 5 rings (SSSR count). The molecule has 6 nitrogen and oxygen atoms in total. The van der Waals surface area contributed by atoms with Gasteiger partial charge in [-0.05, 0) is 59.4 Å². The summed E-state index contributed by atoms with van der Waals surface area (Å²) in [5.74, 6) is -1.99. The van der Waals surface area contributed by atoms with Crippen molar-refractivity contribution in [2.45, 2.75) is 52.3 Å². The van der Waals surface area contributed by atoms with Crippen LogP contribution < -0.4 is 5.56 Å². The summed E-state index contributed by atoms with van der Waals surface area (Å²) in [5, 5.41) is 0. The van der Waals surface area contributed by atoms with Gasteiger partial charge in [0.15, 0.2) is 0 Å². The van der Waals surface area contributed by atoms with Gasteiger partial charge in [0.25, 0.3) is 11.5 Å². The molecule has 0 radical (unpaired) electrons. The molecule has 0 spiro atoms. The van der Waals surface area contributed by atoms with Gasteiger partial charge in [0.05, 0.1) is 17.7 Å². The highest BCUT2D eigenvalue weighted by Gasteiger charge is 2.39. The Labute approximate surface area is 241 Å². The molecular weight excluding hydrogens is 583 g/mol. The van der Waals surface area contributed by atoms with Gasteiger partial charge >= 0.3 is 12.4 Å². The van der Waals surface area contributed by atoms with Gasteiger partial charge in [0, 0.05) is 44.2 Å². The Kier molecular flexibility index (Phi) is 7.64. The summed E-state index contributed by atoms with van der Waals surface area (Å²) in [5.41, 5.74) is -2.47. The molecule has 3 aromatic rings. The standard InChI is InChI=1S/C30H26F7N3O3/c1-16-12-39(14-18-9-20(29(32,33)34)11-21(10-18)30(35,36)37)28(43)26-25(19-3-5-22(31)6-4-19)23-7-8-38(17(2)41)15-24(23)27(42)40(26)13-16/h3-6,9-11,16H,7-8,12-15H2,1-2H3. The SMILES string of the molecule is CC(=O)N1CCc2c(-c3ccc(F)cc3)c3n(c(=O)c2C1)CC(C)CN(Cc1cc(C(F)(F)F)cc(C(F)(F)F)c1)C3=O. The fourth-order valence-electron chi connectivity index (χ4n) is 5.82. The van der Waals surface area contributed by atoms with E-state index >= 15 is 0 Å². The molecular formula is C30H26F7N3O3. The van der Waals surface area contributed by atoms with Crippen LogP contribution in [0.4, 0.5) is 30.7 Å². The van der Waals surface area contributed by atoms with Crippen LogP contribution >= 0.6 is 0 Å². The predicted molar refractivity (Wildman–Crippen MR) is 141 cm³/mol. The maximum atomic E-state index is 14.2. The maximum absolute atomic E-state index is 14.2. The summed E-state index contributed by atoms with van der Waals surface area (Å²) in [6.45, 7) is 2.69. The van der Waals surface area contributed by atoms with E-state index in [0.29, 0.717) is 34.4 Å². The number of carbonyl (C=O) groups is 2. The first-order valence-corrected chi connectivity index (χ1v) is 13.4. The maximum Gasteiger partial charge on any atom is 0.416 e. The summed E-state index contributed by atoms with van der Waals surface area (Å²) in [4.78, 5) is 42.8. The molecule has 2 aliphatic rings. The van der Waals surface area contributed by atoms with Crippen LogP contribution in [0.2, 0.25) is 0 Å². The van der Waals surface area contributed by atoms with Crippen molar-refractivity contribution in [2.24, 2.45) is 5.92 Å². The normalized spacial score (nSPS) is 17.4. The van der Waals surface area contributed by atoms with Crippen molar-refractivity contribution in [3.05, 3.63) is 92.1 Å². The number of hydrogen-bond donors (Lipinski definition) is 0. The molecule has 3 heterocycles. The molecule has 2 aromatic carbocycles. The van der Waals surface area contributed by atoms with Crippen LogP contribution in [0.25, 0.3) is 11.1 Å². The van der Waals surface area contributed by atoms with Crippen molar-refractivity contribution in [1.29, 1.82) is 0 Å².